The number of nitrogens with one attached hydrogen (secondary N) is 2. The summed E-state index contributed by atoms with van der Waals surface area (Å²) in [5.74, 6) is 0.622. The monoisotopic (exact) mass is 312 g/mol. The molecule has 0 aliphatic carbocycles. The maximum absolute atomic E-state index is 12.9. The molecular formula is C15H25ClN4O. The molecule has 0 radical (unpaired) electrons. The topological polar surface area (TPSA) is 61.0 Å². The number of halogens is 1. The Hall–Kier alpha value is -1.07. The van der Waals surface area contributed by atoms with Gasteiger partial charge in [0.2, 0.25) is 0 Å². The van der Waals surface area contributed by atoms with Crippen molar-refractivity contribution in [3.63, 3.8) is 0 Å². The SMILES string of the molecule is CC(C)C1CCCCN1C(=O)c1n[nH]c2c1CNCC2.Cl. The third kappa shape index (κ3) is 3.09. The standard InChI is InChI=1S/C15H24N4O.ClH/c1-10(2)13-5-3-4-8-19(13)15(20)14-11-9-16-7-6-12(11)17-18-14;/h10,13,16H,3-9H2,1-2H3,(H,17,18);1H. The third-order valence-corrected chi connectivity index (χ3v) is 4.59. The van der Waals surface area contributed by atoms with Gasteiger partial charge in [0.1, 0.15) is 0 Å². The molecule has 1 amide bonds. The second kappa shape index (κ2) is 6.79. The van der Waals surface area contributed by atoms with Gasteiger partial charge in [-0.05, 0) is 25.2 Å². The zero-order valence-corrected chi connectivity index (χ0v) is 13.6. The molecular weight excluding hydrogens is 288 g/mol. The lowest BCUT2D eigenvalue weighted by Gasteiger charge is -2.38. The van der Waals surface area contributed by atoms with Crippen molar-refractivity contribution < 1.29 is 4.79 Å². The van der Waals surface area contributed by atoms with E-state index in [1.165, 1.54) is 6.42 Å². The van der Waals surface area contributed by atoms with Crippen LogP contribution in [0.3, 0.4) is 0 Å². The van der Waals surface area contributed by atoms with Crippen molar-refractivity contribution >= 4 is 18.3 Å². The first-order valence-electron chi connectivity index (χ1n) is 7.76. The van der Waals surface area contributed by atoms with E-state index in [0.717, 1.165) is 50.2 Å². The highest BCUT2D eigenvalue weighted by atomic mass is 35.5. The Kier molecular flexibility index (Phi) is 5.27. The van der Waals surface area contributed by atoms with Crippen LogP contribution in [-0.2, 0) is 13.0 Å². The summed E-state index contributed by atoms with van der Waals surface area (Å²) in [4.78, 5) is 14.9. The second-order valence-corrected chi connectivity index (χ2v) is 6.26. The Morgan fingerprint density at radius 1 is 1.38 bits per heavy atom. The van der Waals surface area contributed by atoms with Crippen molar-refractivity contribution in [1.29, 1.82) is 0 Å². The van der Waals surface area contributed by atoms with E-state index >= 15 is 0 Å². The molecule has 0 aromatic carbocycles. The van der Waals surface area contributed by atoms with E-state index in [1.807, 2.05) is 0 Å². The molecule has 0 bridgehead atoms. The van der Waals surface area contributed by atoms with E-state index in [-0.39, 0.29) is 18.3 Å². The van der Waals surface area contributed by atoms with Crippen molar-refractivity contribution in [2.45, 2.75) is 52.1 Å². The number of piperidine rings is 1. The molecule has 1 saturated heterocycles. The van der Waals surface area contributed by atoms with Gasteiger partial charge in [-0.2, -0.15) is 5.10 Å². The molecule has 2 aliphatic heterocycles. The van der Waals surface area contributed by atoms with Gasteiger partial charge in [-0.3, -0.25) is 9.89 Å². The number of carbonyl (C=O) groups excluding carboxylic acids is 1. The van der Waals surface area contributed by atoms with Gasteiger partial charge in [0.15, 0.2) is 5.69 Å². The van der Waals surface area contributed by atoms with Crippen LogP contribution in [0.25, 0.3) is 0 Å². The molecule has 0 spiro atoms. The molecule has 118 valence electrons. The largest absolute Gasteiger partial charge is 0.334 e. The van der Waals surface area contributed by atoms with Crippen molar-refractivity contribution in [3.05, 3.63) is 17.0 Å². The highest BCUT2D eigenvalue weighted by molar-refractivity contribution is 5.94. The molecule has 21 heavy (non-hydrogen) atoms. The van der Waals surface area contributed by atoms with Gasteiger partial charge in [0, 0.05) is 43.4 Å². The molecule has 3 heterocycles. The van der Waals surface area contributed by atoms with Gasteiger partial charge < -0.3 is 10.2 Å². The molecule has 0 saturated carbocycles. The molecule has 1 fully saturated rings. The zero-order valence-electron chi connectivity index (χ0n) is 12.8. The summed E-state index contributed by atoms with van der Waals surface area (Å²) < 4.78 is 0. The number of hydrogen-bond donors (Lipinski definition) is 2. The van der Waals surface area contributed by atoms with Crippen LogP contribution in [0.2, 0.25) is 0 Å². The maximum atomic E-state index is 12.9. The lowest BCUT2D eigenvalue weighted by molar-refractivity contribution is 0.0536. The summed E-state index contributed by atoms with van der Waals surface area (Å²) in [6.45, 7) is 7.00. The summed E-state index contributed by atoms with van der Waals surface area (Å²) in [6.07, 6.45) is 4.39. The van der Waals surface area contributed by atoms with Gasteiger partial charge in [-0.1, -0.05) is 13.8 Å². The normalized spacial score (nSPS) is 21.9. The van der Waals surface area contributed by atoms with Gasteiger partial charge in [0.05, 0.1) is 0 Å². The fraction of sp³-hybridized carbons (Fsp3) is 0.733. The minimum atomic E-state index is 0. The summed E-state index contributed by atoms with van der Waals surface area (Å²) in [5.41, 5.74) is 2.85. The van der Waals surface area contributed by atoms with E-state index in [2.05, 4.69) is 34.3 Å². The van der Waals surface area contributed by atoms with Crippen LogP contribution < -0.4 is 5.32 Å². The van der Waals surface area contributed by atoms with Crippen LogP contribution in [0.5, 0.6) is 0 Å². The smallest absolute Gasteiger partial charge is 0.274 e. The molecule has 3 rings (SSSR count). The number of likely N-dealkylation sites (tertiary alicyclic amines) is 1. The molecule has 1 atom stereocenters. The summed E-state index contributed by atoms with van der Waals surface area (Å²) in [5, 5.41) is 10.7. The molecule has 5 nitrogen and oxygen atoms in total. The molecule has 1 aromatic rings. The third-order valence-electron chi connectivity index (χ3n) is 4.59. The zero-order chi connectivity index (χ0) is 14.1. The number of carbonyl (C=O) groups is 1. The fourth-order valence-corrected chi connectivity index (χ4v) is 3.44. The molecule has 1 unspecified atom stereocenters. The number of rotatable bonds is 2. The number of aromatic nitrogens is 2. The first-order valence-corrected chi connectivity index (χ1v) is 7.76. The second-order valence-electron chi connectivity index (χ2n) is 6.26. The quantitative estimate of drug-likeness (QED) is 0.879. The molecule has 2 aliphatic rings. The summed E-state index contributed by atoms with van der Waals surface area (Å²) in [7, 11) is 0. The summed E-state index contributed by atoms with van der Waals surface area (Å²) in [6, 6.07) is 0.361. The fourth-order valence-electron chi connectivity index (χ4n) is 3.44. The van der Waals surface area contributed by atoms with Crippen LogP contribution in [0, 0.1) is 5.92 Å². The number of amides is 1. The van der Waals surface area contributed by atoms with E-state index < -0.39 is 0 Å². The lowest BCUT2D eigenvalue weighted by Crippen LogP contribution is -2.46. The highest BCUT2D eigenvalue weighted by Gasteiger charge is 2.32. The van der Waals surface area contributed by atoms with Crippen LogP contribution in [0.15, 0.2) is 0 Å². The Morgan fingerprint density at radius 2 is 2.19 bits per heavy atom. The average Bonchev–Trinajstić information content (AvgIpc) is 2.90. The van der Waals surface area contributed by atoms with Crippen molar-refractivity contribution in [2.75, 3.05) is 13.1 Å². The van der Waals surface area contributed by atoms with Crippen molar-refractivity contribution in [1.82, 2.24) is 20.4 Å². The predicted octanol–water partition coefficient (Wildman–Crippen LogP) is 2.13. The van der Waals surface area contributed by atoms with Crippen LogP contribution in [-0.4, -0.2) is 40.1 Å². The van der Waals surface area contributed by atoms with E-state index in [4.69, 9.17) is 0 Å². The minimum absolute atomic E-state index is 0. The number of aromatic amines is 1. The minimum Gasteiger partial charge on any atom is -0.334 e. The summed E-state index contributed by atoms with van der Waals surface area (Å²) >= 11 is 0. The van der Waals surface area contributed by atoms with Gasteiger partial charge in [0.25, 0.3) is 5.91 Å². The van der Waals surface area contributed by atoms with E-state index in [1.54, 1.807) is 0 Å². The number of nitrogens with zero attached hydrogens (tertiary/aromatic N) is 2. The van der Waals surface area contributed by atoms with E-state index in [0.29, 0.717) is 17.7 Å². The first kappa shape index (κ1) is 16.3. The van der Waals surface area contributed by atoms with Crippen LogP contribution in [0.4, 0.5) is 0 Å². The maximum Gasteiger partial charge on any atom is 0.274 e. The Bertz CT molecular complexity index is 500. The first-order chi connectivity index (χ1) is 9.68. The van der Waals surface area contributed by atoms with Gasteiger partial charge in [-0.25, -0.2) is 0 Å². The average molecular weight is 313 g/mol. The van der Waals surface area contributed by atoms with Crippen molar-refractivity contribution in [3.8, 4) is 0 Å². The van der Waals surface area contributed by atoms with Crippen molar-refractivity contribution in [2.24, 2.45) is 5.92 Å². The Balaban J connectivity index is 0.00000161. The number of hydrogen-bond acceptors (Lipinski definition) is 3. The molecule has 6 heteroatoms. The van der Waals surface area contributed by atoms with E-state index in [9.17, 15) is 4.79 Å². The Morgan fingerprint density at radius 3 is 2.95 bits per heavy atom. The van der Waals surface area contributed by atoms with Gasteiger partial charge >= 0.3 is 0 Å². The molecule has 1 aromatic heterocycles. The number of H-pyrrole nitrogens is 1. The lowest BCUT2D eigenvalue weighted by atomic mass is 9.92. The van der Waals surface area contributed by atoms with Crippen LogP contribution >= 0.6 is 12.4 Å². The Labute approximate surface area is 132 Å². The van der Waals surface area contributed by atoms with Crippen LogP contribution in [0.1, 0.15) is 54.9 Å². The molecule has 2 N–H and O–H groups in total. The predicted molar refractivity (Wildman–Crippen MR) is 84.8 cm³/mol. The number of fused-ring (bicyclic) bond motifs is 1. The van der Waals surface area contributed by atoms with Gasteiger partial charge in [-0.15, -0.1) is 12.4 Å². The highest BCUT2D eigenvalue weighted by Crippen LogP contribution is 2.26.